The molecule has 2 fully saturated rings. The molecule has 4 rings (SSSR count). The number of nitrogens with zero attached hydrogens (tertiary/aromatic N) is 4. The lowest BCUT2D eigenvalue weighted by Crippen LogP contribution is -2.28. The number of anilines is 1. The van der Waals surface area contributed by atoms with E-state index in [1.807, 2.05) is 23.1 Å². The molecule has 0 radical (unpaired) electrons. The molecule has 1 saturated heterocycles. The number of amides is 1. The van der Waals surface area contributed by atoms with Crippen LogP contribution < -0.4 is 10.2 Å². The molecule has 1 aliphatic heterocycles. The first-order valence-corrected chi connectivity index (χ1v) is 9.59. The summed E-state index contributed by atoms with van der Waals surface area (Å²) in [5, 5.41) is 3.06. The van der Waals surface area contributed by atoms with Crippen molar-refractivity contribution in [2.45, 2.75) is 19.3 Å². The number of halogens is 2. The largest absolute Gasteiger partial charge is 0.356 e. The Bertz CT molecular complexity index is 809. The third-order valence-electron chi connectivity index (χ3n) is 5.50. The lowest BCUT2D eigenvalue weighted by atomic mass is 10.2. The molecule has 1 N–H and O–H groups in total. The van der Waals surface area contributed by atoms with E-state index >= 15 is 0 Å². The first kappa shape index (κ1) is 18.1. The minimum atomic E-state index is -0.433. The van der Waals surface area contributed by atoms with E-state index in [2.05, 4.69) is 20.3 Å². The highest BCUT2D eigenvalue weighted by Crippen LogP contribution is 2.54. The predicted molar refractivity (Wildman–Crippen MR) is 99.9 cm³/mol. The summed E-state index contributed by atoms with van der Waals surface area (Å²) in [6.45, 7) is 2.26. The average Bonchev–Trinajstić information content (AvgIpc) is 3.12. The van der Waals surface area contributed by atoms with Gasteiger partial charge in [-0.1, -0.05) is 6.07 Å². The number of fused-ring (bicyclic) bond motifs is 1. The second-order valence-corrected chi connectivity index (χ2v) is 7.50. The molecule has 0 bridgehead atoms. The van der Waals surface area contributed by atoms with Crippen LogP contribution in [0.25, 0.3) is 0 Å². The third kappa shape index (κ3) is 4.18. The quantitative estimate of drug-likeness (QED) is 0.737. The number of carbonyl (C=O) groups excluding carboxylic acids is 1. The van der Waals surface area contributed by atoms with Crippen LogP contribution in [0.2, 0.25) is 5.28 Å². The van der Waals surface area contributed by atoms with Gasteiger partial charge in [0.05, 0.1) is 6.20 Å². The number of aromatic nitrogens is 3. The molecule has 1 aliphatic carbocycles. The van der Waals surface area contributed by atoms with Gasteiger partial charge in [-0.25, -0.2) is 9.37 Å². The normalized spacial score (nSPS) is 23.2. The van der Waals surface area contributed by atoms with Crippen molar-refractivity contribution in [3.05, 3.63) is 47.4 Å². The molecular formula is C19H21ClFN5O. The zero-order chi connectivity index (χ0) is 18.8. The maximum absolute atomic E-state index is 13.9. The highest BCUT2D eigenvalue weighted by atomic mass is 35.5. The van der Waals surface area contributed by atoms with E-state index in [-0.39, 0.29) is 11.2 Å². The van der Waals surface area contributed by atoms with E-state index in [0.717, 1.165) is 31.4 Å². The summed E-state index contributed by atoms with van der Waals surface area (Å²) in [4.78, 5) is 25.8. The summed E-state index contributed by atoms with van der Waals surface area (Å²) >= 11 is 5.77. The Morgan fingerprint density at radius 1 is 1.30 bits per heavy atom. The zero-order valence-corrected chi connectivity index (χ0v) is 15.6. The van der Waals surface area contributed by atoms with Gasteiger partial charge in [-0.05, 0) is 54.3 Å². The fourth-order valence-corrected chi connectivity index (χ4v) is 4.19. The van der Waals surface area contributed by atoms with Crippen molar-refractivity contribution in [1.29, 1.82) is 0 Å². The van der Waals surface area contributed by atoms with Gasteiger partial charge in [0.25, 0.3) is 0 Å². The predicted octanol–water partition coefficient (Wildman–Crippen LogP) is 2.49. The molecule has 0 aromatic carbocycles. The highest BCUT2D eigenvalue weighted by molar-refractivity contribution is 6.28. The molecule has 2 aliphatic rings. The number of carbonyl (C=O) groups is 1. The molecule has 0 spiro atoms. The summed E-state index contributed by atoms with van der Waals surface area (Å²) in [5.74, 6) is 1.61. The van der Waals surface area contributed by atoms with Crippen LogP contribution in [0.5, 0.6) is 0 Å². The summed E-state index contributed by atoms with van der Waals surface area (Å²) < 4.78 is 13.9. The van der Waals surface area contributed by atoms with E-state index in [9.17, 15) is 9.18 Å². The SMILES string of the molecule is O=C(CCc1ccccn1)NCCC1[C@H]2CN(c3nc(Cl)ncc3F)C[C@@H]12. The standard InChI is InChI=1S/C19H21ClFN5O/c20-19-24-9-16(21)18(25-19)26-10-14-13(15(14)11-26)6-8-23-17(27)5-4-12-3-1-2-7-22-12/h1-3,7,9,13-15H,4-6,8,10-11H2,(H,23,27)/t13?,14-,15+. The van der Waals surface area contributed by atoms with Gasteiger partial charge >= 0.3 is 0 Å². The van der Waals surface area contributed by atoms with Crippen molar-refractivity contribution in [2.24, 2.45) is 17.8 Å². The van der Waals surface area contributed by atoms with E-state index < -0.39 is 5.82 Å². The highest BCUT2D eigenvalue weighted by Gasteiger charge is 2.55. The number of rotatable bonds is 7. The summed E-state index contributed by atoms with van der Waals surface area (Å²) in [6.07, 6.45) is 4.93. The molecule has 1 amide bonds. The number of hydrogen-bond acceptors (Lipinski definition) is 5. The van der Waals surface area contributed by atoms with E-state index in [4.69, 9.17) is 11.6 Å². The van der Waals surface area contributed by atoms with E-state index in [0.29, 0.717) is 43.0 Å². The zero-order valence-electron chi connectivity index (χ0n) is 14.8. The van der Waals surface area contributed by atoms with Gasteiger partial charge in [-0.15, -0.1) is 0 Å². The Hall–Kier alpha value is -2.28. The first-order valence-electron chi connectivity index (χ1n) is 9.21. The third-order valence-corrected chi connectivity index (χ3v) is 5.68. The molecule has 27 heavy (non-hydrogen) atoms. The molecule has 2 aromatic rings. The molecular weight excluding hydrogens is 369 g/mol. The lowest BCUT2D eigenvalue weighted by Gasteiger charge is -2.21. The Morgan fingerprint density at radius 2 is 2.11 bits per heavy atom. The topological polar surface area (TPSA) is 71.0 Å². The first-order chi connectivity index (χ1) is 13.1. The molecule has 8 heteroatoms. The van der Waals surface area contributed by atoms with Crippen molar-refractivity contribution >= 4 is 23.3 Å². The van der Waals surface area contributed by atoms with Crippen molar-refractivity contribution < 1.29 is 9.18 Å². The Balaban J connectivity index is 1.16. The molecule has 1 unspecified atom stereocenters. The van der Waals surface area contributed by atoms with Crippen LogP contribution in [0, 0.1) is 23.6 Å². The maximum Gasteiger partial charge on any atom is 0.224 e. The Morgan fingerprint density at radius 3 is 2.85 bits per heavy atom. The fourth-order valence-electron chi connectivity index (χ4n) is 4.06. The smallest absolute Gasteiger partial charge is 0.224 e. The summed E-state index contributed by atoms with van der Waals surface area (Å²) in [5.41, 5.74) is 0.932. The molecule has 3 heterocycles. The molecule has 3 atom stereocenters. The van der Waals surface area contributed by atoms with Gasteiger partial charge in [-0.2, -0.15) is 4.98 Å². The maximum atomic E-state index is 13.9. The van der Waals surface area contributed by atoms with Crippen molar-refractivity contribution in [3.8, 4) is 0 Å². The number of piperidine rings is 1. The van der Waals surface area contributed by atoms with E-state index in [1.165, 1.54) is 0 Å². The van der Waals surface area contributed by atoms with Crippen LogP contribution in [0.4, 0.5) is 10.2 Å². The second kappa shape index (κ2) is 7.76. The molecule has 2 aromatic heterocycles. The van der Waals surface area contributed by atoms with Gasteiger partial charge in [0.1, 0.15) is 0 Å². The fraction of sp³-hybridized carbons (Fsp3) is 0.474. The van der Waals surface area contributed by atoms with Gasteiger partial charge in [0, 0.05) is 37.9 Å². The van der Waals surface area contributed by atoms with Gasteiger partial charge in [0.2, 0.25) is 11.2 Å². The second-order valence-electron chi connectivity index (χ2n) is 7.17. The van der Waals surface area contributed by atoms with Crippen molar-refractivity contribution in [1.82, 2.24) is 20.3 Å². The summed E-state index contributed by atoms with van der Waals surface area (Å²) in [7, 11) is 0. The van der Waals surface area contributed by atoms with Crippen LogP contribution in [0.1, 0.15) is 18.5 Å². The molecule has 142 valence electrons. The Kier molecular flexibility index (Phi) is 5.20. The van der Waals surface area contributed by atoms with Crippen molar-refractivity contribution in [3.63, 3.8) is 0 Å². The minimum Gasteiger partial charge on any atom is -0.356 e. The monoisotopic (exact) mass is 389 g/mol. The number of nitrogens with one attached hydrogen (secondary N) is 1. The minimum absolute atomic E-state index is 0.0609. The number of pyridine rings is 1. The summed E-state index contributed by atoms with van der Waals surface area (Å²) in [6, 6.07) is 5.72. The van der Waals surface area contributed by atoms with Crippen LogP contribution >= 0.6 is 11.6 Å². The van der Waals surface area contributed by atoms with Crippen LogP contribution in [0.15, 0.2) is 30.6 Å². The average molecular weight is 390 g/mol. The van der Waals surface area contributed by atoms with Crippen molar-refractivity contribution in [2.75, 3.05) is 24.5 Å². The lowest BCUT2D eigenvalue weighted by molar-refractivity contribution is -0.121. The molecule has 1 saturated carbocycles. The number of hydrogen-bond donors (Lipinski definition) is 1. The number of aryl methyl sites for hydroxylation is 1. The van der Waals surface area contributed by atoms with Gasteiger partial charge in [0.15, 0.2) is 11.6 Å². The van der Waals surface area contributed by atoms with Crippen LogP contribution in [-0.4, -0.2) is 40.5 Å². The van der Waals surface area contributed by atoms with Gasteiger partial charge < -0.3 is 10.2 Å². The Labute approximate surface area is 162 Å². The van der Waals surface area contributed by atoms with Crippen LogP contribution in [0.3, 0.4) is 0 Å². The van der Waals surface area contributed by atoms with Gasteiger partial charge in [-0.3, -0.25) is 9.78 Å². The van der Waals surface area contributed by atoms with Crippen LogP contribution in [-0.2, 0) is 11.2 Å². The molecule has 6 nitrogen and oxygen atoms in total. The van der Waals surface area contributed by atoms with E-state index in [1.54, 1.807) is 6.20 Å².